The van der Waals surface area contributed by atoms with E-state index in [-0.39, 0.29) is 6.03 Å². The van der Waals surface area contributed by atoms with Crippen molar-refractivity contribution in [3.8, 4) is 0 Å². The standard InChI is InChI=1S/C19H25N3OS/c1-15-7-8-18(24-15)13-21-19(23)20-10-4-11-22-12-9-16-5-2-3-6-17(16)14-22/h2-3,5-8H,4,9-14H2,1H3,(H2,20,21,23). The Hall–Kier alpha value is -1.85. The van der Waals surface area contributed by atoms with Gasteiger partial charge in [-0.05, 0) is 43.0 Å². The molecular weight excluding hydrogens is 318 g/mol. The van der Waals surface area contributed by atoms with Crippen LogP contribution >= 0.6 is 11.3 Å². The zero-order valence-corrected chi connectivity index (χ0v) is 15.0. The highest BCUT2D eigenvalue weighted by Crippen LogP contribution is 2.18. The van der Waals surface area contributed by atoms with Crippen LogP contribution in [0.15, 0.2) is 36.4 Å². The molecule has 3 rings (SSSR count). The van der Waals surface area contributed by atoms with Crippen LogP contribution in [0, 0.1) is 6.92 Å². The van der Waals surface area contributed by atoms with Gasteiger partial charge in [0.05, 0.1) is 6.54 Å². The molecule has 0 radical (unpaired) electrons. The number of amides is 2. The molecule has 0 bridgehead atoms. The normalized spacial score (nSPS) is 14.2. The van der Waals surface area contributed by atoms with Gasteiger partial charge in [0.25, 0.3) is 0 Å². The summed E-state index contributed by atoms with van der Waals surface area (Å²) in [6.07, 6.45) is 2.11. The highest BCUT2D eigenvalue weighted by Gasteiger charge is 2.14. The number of hydrogen-bond acceptors (Lipinski definition) is 3. The molecule has 0 aliphatic carbocycles. The van der Waals surface area contributed by atoms with E-state index in [0.717, 1.165) is 32.5 Å². The van der Waals surface area contributed by atoms with Crippen molar-refractivity contribution in [2.75, 3.05) is 19.6 Å². The molecule has 0 unspecified atom stereocenters. The van der Waals surface area contributed by atoms with Crippen molar-refractivity contribution in [2.24, 2.45) is 0 Å². The molecule has 24 heavy (non-hydrogen) atoms. The van der Waals surface area contributed by atoms with Gasteiger partial charge in [-0.15, -0.1) is 11.3 Å². The summed E-state index contributed by atoms with van der Waals surface area (Å²) >= 11 is 1.72. The van der Waals surface area contributed by atoms with Gasteiger partial charge in [-0.2, -0.15) is 0 Å². The van der Waals surface area contributed by atoms with Crippen LogP contribution in [0.5, 0.6) is 0 Å². The van der Waals surface area contributed by atoms with E-state index >= 15 is 0 Å². The fourth-order valence-electron chi connectivity index (χ4n) is 3.06. The maximum atomic E-state index is 11.8. The maximum Gasteiger partial charge on any atom is 0.315 e. The van der Waals surface area contributed by atoms with Crippen molar-refractivity contribution >= 4 is 17.4 Å². The first-order valence-corrected chi connectivity index (χ1v) is 9.38. The van der Waals surface area contributed by atoms with E-state index < -0.39 is 0 Å². The number of carbonyl (C=O) groups is 1. The Kier molecular flexibility index (Phi) is 5.88. The molecule has 2 amide bonds. The molecule has 0 saturated heterocycles. The Bertz CT molecular complexity index is 683. The van der Waals surface area contributed by atoms with Gasteiger partial charge >= 0.3 is 6.03 Å². The highest BCUT2D eigenvalue weighted by atomic mass is 32.1. The van der Waals surface area contributed by atoms with Crippen molar-refractivity contribution in [1.29, 1.82) is 0 Å². The van der Waals surface area contributed by atoms with Gasteiger partial charge < -0.3 is 10.6 Å². The van der Waals surface area contributed by atoms with E-state index in [1.165, 1.54) is 20.9 Å². The number of nitrogens with one attached hydrogen (secondary N) is 2. The number of hydrogen-bond donors (Lipinski definition) is 2. The van der Waals surface area contributed by atoms with Crippen LogP contribution in [0.1, 0.15) is 27.3 Å². The summed E-state index contributed by atoms with van der Waals surface area (Å²) in [5.74, 6) is 0. The summed E-state index contributed by atoms with van der Waals surface area (Å²) in [4.78, 5) is 16.7. The fraction of sp³-hybridized carbons (Fsp3) is 0.421. The van der Waals surface area contributed by atoms with Crippen LogP contribution in [-0.2, 0) is 19.5 Å². The monoisotopic (exact) mass is 343 g/mol. The Balaban J connectivity index is 1.30. The predicted octanol–water partition coefficient (Wildman–Crippen LogP) is 3.30. The van der Waals surface area contributed by atoms with Gasteiger partial charge in [-0.25, -0.2) is 4.79 Å². The maximum absolute atomic E-state index is 11.8. The zero-order valence-electron chi connectivity index (χ0n) is 14.2. The van der Waals surface area contributed by atoms with Gasteiger partial charge in [0.15, 0.2) is 0 Å². The van der Waals surface area contributed by atoms with Crippen LogP contribution in [-0.4, -0.2) is 30.6 Å². The third kappa shape index (κ3) is 4.82. The molecule has 4 nitrogen and oxygen atoms in total. The van der Waals surface area contributed by atoms with Crippen molar-refractivity contribution in [3.63, 3.8) is 0 Å². The Labute approximate surface area is 147 Å². The number of thiophene rings is 1. The smallest absolute Gasteiger partial charge is 0.315 e. The van der Waals surface area contributed by atoms with Crippen LogP contribution in [0.3, 0.4) is 0 Å². The molecule has 0 fully saturated rings. The number of urea groups is 1. The molecule has 2 N–H and O–H groups in total. The number of fused-ring (bicyclic) bond motifs is 1. The number of carbonyl (C=O) groups excluding carboxylic acids is 1. The Morgan fingerprint density at radius 2 is 2.00 bits per heavy atom. The third-order valence-corrected chi connectivity index (χ3v) is 5.37. The molecule has 0 saturated carbocycles. The summed E-state index contributed by atoms with van der Waals surface area (Å²) in [7, 11) is 0. The van der Waals surface area contributed by atoms with Crippen LogP contribution < -0.4 is 10.6 Å². The highest BCUT2D eigenvalue weighted by molar-refractivity contribution is 7.11. The Morgan fingerprint density at radius 1 is 1.17 bits per heavy atom. The first-order chi connectivity index (χ1) is 11.7. The molecule has 0 atom stereocenters. The molecule has 1 aromatic heterocycles. The minimum absolute atomic E-state index is 0.0787. The molecule has 2 aromatic rings. The molecule has 0 spiro atoms. The molecule has 1 aliphatic heterocycles. The third-order valence-electron chi connectivity index (χ3n) is 4.37. The van der Waals surface area contributed by atoms with E-state index in [2.05, 4.69) is 58.9 Å². The summed E-state index contributed by atoms with van der Waals surface area (Å²) in [5, 5.41) is 5.86. The summed E-state index contributed by atoms with van der Waals surface area (Å²) in [6, 6.07) is 12.8. The number of rotatable bonds is 6. The first-order valence-electron chi connectivity index (χ1n) is 8.57. The average Bonchev–Trinajstić information content (AvgIpc) is 3.02. The predicted molar refractivity (Wildman–Crippen MR) is 99.3 cm³/mol. The first kappa shape index (κ1) is 17.0. The van der Waals surface area contributed by atoms with Crippen molar-refractivity contribution in [2.45, 2.75) is 32.9 Å². The minimum atomic E-state index is -0.0787. The molecule has 1 aromatic carbocycles. The molecule has 2 heterocycles. The van der Waals surface area contributed by atoms with E-state index in [1.54, 1.807) is 11.3 Å². The van der Waals surface area contributed by atoms with Gasteiger partial charge in [0, 0.05) is 35.9 Å². The van der Waals surface area contributed by atoms with E-state index in [1.807, 2.05) is 0 Å². The number of nitrogens with zero attached hydrogens (tertiary/aromatic N) is 1. The van der Waals surface area contributed by atoms with Gasteiger partial charge in [0.2, 0.25) is 0 Å². The van der Waals surface area contributed by atoms with Crippen molar-refractivity contribution in [1.82, 2.24) is 15.5 Å². The molecule has 128 valence electrons. The van der Waals surface area contributed by atoms with E-state index in [0.29, 0.717) is 13.1 Å². The summed E-state index contributed by atoms with van der Waals surface area (Å²) in [6.45, 7) is 6.56. The molecule has 5 heteroatoms. The largest absolute Gasteiger partial charge is 0.338 e. The second kappa shape index (κ2) is 8.31. The summed E-state index contributed by atoms with van der Waals surface area (Å²) in [5.41, 5.74) is 2.93. The SMILES string of the molecule is Cc1ccc(CNC(=O)NCCCN2CCc3ccccc3C2)s1. The van der Waals surface area contributed by atoms with Gasteiger partial charge in [0.1, 0.15) is 0 Å². The quantitative estimate of drug-likeness (QED) is 0.791. The lowest BCUT2D eigenvalue weighted by atomic mass is 10.00. The number of aryl methyl sites for hydroxylation is 1. The minimum Gasteiger partial charge on any atom is -0.338 e. The zero-order chi connectivity index (χ0) is 16.8. The topological polar surface area (TPSA) is 44.4 Å². The second-order valence-electron chi connectivity index (χ2n) is 6.27. The van der Waals surface area contributed by atoms with Crippen molar-refractivity contribution in [3.05, 3.63) is 57.3 Å². The lowest BCUT2D eigenvalue weighted by molar-refractivity contribution is 0.234. The fourth-order valence-corrected chi connectivity index (χ4v) is 3.89. The van der Waals surface area contributed by atoms with Crippen LogP contribution in [0.25, 0.3) is 0 Å². The average molecular weight is 343 g/mol. The summed E-state index contributed by atoms with van der Waals surface area (Å²) < 4.78 is 0. The van der Waals surface area contributed by atoms with Crippen LogP contribution in [0.4, 0.5) is 4.79 Å². The van der Waals surface area contributed by atoms with Gasteiger partial charge in [-0.1, -0.05) is 24.3 Å². The van der Waals surface area contributed by atoms with E-state index in [4.69, 9.17) is 0 Å². The van der Waals surface area contributed by atoms with Gasteiger partial charge in [-0.3, -0.25) is 4.90 Å². The van der Waals surface area contributed by atoms with E-state index in [9.17, 15) is 4.79 Å². The number of benzene rings is 1. The van der Waals surface area contributed by atoms with Crippen molar-refractivity contribution < 1.29 is 4.79 Å². The van der Waals surface area contributed by atoms with Crippen LogP contribution in [0.2, 0.25) is 0 Å². The Morgan fingerprint density at radius 3 is 2.79 bits per heavy atom. The molecular formula is C19H25N3OS. The molecule has 1 aliphatic rings. The lowest BCUT2D eigenvalue weighted by Crippen LogP contribution is -2.37. The second-order valence-corrected chi connectivity index (χ2v) is 7.64. The lowest BCUT2D eigenvalue weighted by Gasteiger charge is -2.28.